The zero-order valence-corrected chi connectivity index (χ0v) is 17.6. The fourth-order valence-corrected chi connectivity index (χ4v) is 5.51. The number of benzene rings is 1. The SMILES string of the molecule is NS(=O)(=O)C[C@H]1CCCN(C(=O)[C@H]2CCCN2C(=O)c2cc(Cl)cc(Cl)c2)C1. The Morgan fingerprint density at radius 1 is 1.07 bits per heavy atom. The van der Waals surface area contributed by atoms with Crippen molar-refractivity contribution in [3.63, 3.8) is 0 Å². The van der Waals surface area contributed by atoms with Crippen molar-refractivity contribution in [1.82, 2.24) is 9.80 Å². The third-order valence-electron chi connectivity index (χ3n) is 5.21. The number of sulfonamides is 1. The van der Waals surface area contributed by atoms with Gasteiger partial charge in [-0.1, -0.05) is 23.2 Å². The van der Waals surface area contributed by atoms with Gasteiger partial charge in [-0.05, 0) is 49.8 Å². The van der Waals surface area contributed by atoms with Crippen LogP contribution in [0.4, 0.5) is 0 Å². The lowest BCUT2D eigenvalue weighted by Crippen LogP contribution is -2.51. The summed E-state index contributed by atoms with van der Waals surface area (Å²) in [5, 5.41) is 5.88. The largest absolute Gasteiger partial charge is 0.341 e. The quantitative estimate of drug-likeness (QED) is 0.763. The predicted molar refractivity (Wildman–Crippen MR) is 108 cm³/mol. The average Bonchev–Trinajstić information content (AvgIpc) is 3.08. The van der Waals surface area contributed by atoms with E-state index in [2.05, 4.69) is 0 Å². The van der Waals surface area contributed by atoms with Crippen LogP contribution in [0.25, 0.3) is 0 Å². The number of nitrogens with zero attached hydrogens (tertiary/aromatic N) is 2. The fourth-order valence-electron chi connectivity index (χ4n) is 4.05. The number of halogens is 2. The highest BCUT2D eigenvalue weighted by atomic mass is 35.5. The topological polar surface area (TPSA) is 101 Å². The van der Waals surface area contributed by atoms with Gasteiger partial charge < -0.3 is 9.80 Å². The molecule has 0 aromatic heterocycles. The van der Waals surface area contributed by atoms with Crippen LogP contribution in [0.2, 0.25) is 10.0 Å². The van der Waals surface area contributed by atoms with Crippen LogP contribution in [0.3, 0.4) is 0 Å². The fraction of sp³-hybridized carbons (Fsp3) is 0.556. The van der Waals surface area contributed by atoms with Crippen molar-refractivity contribution in [2.75, 3.05) is 25.4 Å². The van der Waals surface area contributed by atoms with Crippen LogP contribution in [0.15, 0.2) is 18.2 Å². The lowest BCUT2D eigenvalue weighted by molar-refractivity contribution is -0.137. The Morgan fingerprint density at radius 3 is 2.36 bits per heavy atom. The molecule has 2 saturated heterocycles. The number of amides is 2. The van der Waals surface area contributed by atoms with Crippen LogP contribution in [0, 0.1) is 5.92 Å². The van der Waals surface area contributed by atoms with Crippen LogP contribution >= 0.6 is 23.2 Å². The molecule has 7 nitrogen and oxygen atoms in total. The second kappa shape index (κ2) is 8.57. The number of primary sulfonamides is 1. The van der Waals surface area contributed by atoms with Crippen molar-refractivity contribution in [2.24, 2.45) is 11.1 Å². The first kappa shape index (κ1) is 21.4. The highest BCUT2D eigenvalue weighted by Gasteiger charge is 2.38. The van der Waals surface area contributed by atoms with E-state index >= 15 is 0 Å². The minimum atomic E-state index is -3.59. The second-order valence-corrected chi connectivity index (χ2v) is 9.97. The Morgan fingerprint density at radius 2 is 1.71 bits per heavy atom. The number of hydrogen-bond donors (Lipinski definition) is 1. The van der Waals surface area contributed by atoms with E-state index < -0.39 is 16.1 Å². The first-order valence-electron chi connectivity index (χ1n) is 9.20. The molecule has 2 heterocycles. The Labute approximate surface area is 174 Å². The molecular formula is C18H23Cl2N3O4S. The summed E-state index contributed by atoms with van der Waals surface area (Å²) >= 11 is 12.0. The average molecular weight is 448 g/mol. The van der Waals surface area contributed by atoms with Crippen molar-refractivity contribution in [2.45, 2.75) is 31.7 Å². The Balaban J connectivity index is 1.73. The molecule has 2 atom stereocenters. The number of carbonyl (C=O) groups is 2. The maximum absolute atomic E-state index is 13.1. The van der Waals surface area contributed by atoms with E-state index in [-0.39, 0.29) is 23.5 Å². The number of piperidine rings is 1. The molecule has 28 heavy (non-hydrogen) atoms. The van der Waals surface area contributed by atoms with Crippen molar-refractivity contribution in [1.29, 1.82) is 0 Å². The van der Waals surface area contributed by atoms with Gasteiger partial charge in [-0.2, -0.15) is 0 Å². The first-order valence-corrected chi connectivity index (χ1v) is 11.7. The van der Waals surface area contributed by atoms with E-state index in [0.717, 1.165) is 12.8 Å². The van der Waals surface area contributed by atoms with Gasteiger partial charge in [0.05, 0.1) is 5.75 Å². The van der Waals surface area contributed by atoms with E-state index in [0.29, 0.717) is 48.1 Å². The summed E-state index contributed by atoms with van der Waals surface area (Å²) in [5.74, 6) is -0.730. The van der Waals surface area contributed by atoms with Crippen molar-refractivity contribution in [3.05, 3.63) is 33.8 Å². The monoisotopic (exact) mass is 447 g/mol. The molecule has 0 aliphatic carbocycles. The van der Waals surface area contributed by atoms with Crippen LogP contribution in [0.1, 0.15) is 36.0 Å². The number of nitrogens with two attached hydrogens (primary N) is 1. The maximum atomic E-state index is 13.1. The summed E-state index contributed by atoms with van der Waals surface area (Å²) < 4.78 is 22.8. The van der Waals surface area contributed by atoms with Gasteiger partial charge in [0.25, 0.3) is 5.91 Å². The highest BCUT2D eigenvalue weighted by molar-refractivity contribution is 7.89. The van der Waals surface area contributed by atoms with E-state index in [9.17, 15) is 18.0 Å². The molecule has 2 aliphatic rings. The molecule has 1 aromatic carbocycles. The molecule has 0 saturated carbocycles. The molecule has 2 fully saturated rings. The molecule has 2 aliphatic heterocycles. The minimum absolute atomic E-state index is 0.134. The van der Waals surface area contributed by atoms with Crippen LogP contribution in [-0.4, -0.2) is 61.5 Å². The van der Waals surface area contributed by atoms with E-state index in [1.807, 2.05) is 0 Å². The zero-order valence-electron chi connectivity index (χ0n) is 15.3. The van der Waals surface area contributed by atoms with Gasteiger partial charge in [-0.15, -0.1) is 0 Å². The number of carbonyl (C=O) groups excluding carboxylic acids is 2. The third kappa shape index (κ3) is 5.17. The molecular weight excluding hydrogens is 425 g/mol. The second-order valence-electron chi connectivity index (χ2n) is 7.44. The molecule has 154 valence electrons. The normalized spacial score (nSPS) is 23.1. The summed E-state index contributed by atoms with van der Waals surface area (Å²) in [6, 6.07) is 4.07. The molecule has 2 amide bonds. The van der Waals surface area contributed by atoms with Gasteiger partial charge in [0.15, 0.2) is 0 Å². The number of likely N-dealkylation sites (tertiary alicyclic amines) is 2. The van der Waals surface area contributed by atoms with E-state index in [1.165, 1.54) is 0 Å². The van der Waals surface area contributed by atoms with Gasteiger partial charge in [-0.25, -0.2) is 13.6 Å². The van der Waals surface area contributed by atoms with Crippen molar-refractivity contribution < 1.29 is 18.0 Å². The van der Waals surface area contributed by atoms with E-state index in [4.69, 9.17) is 28.3 Å². The minimum Gasteiger partial charge on any atom is -0.341 e. The lowest BCUT2D eigenvalue weighted by Gasteiger charge is -2.36. The Bertz CT molecular complexity index is 857. The van der Waals surface area contributed by atoms with Crippen LogP contribution in [0.5, 0.6) is 0 Å². The number of rotatable bonds is 4. The van der Waals surface area contributed by atoms with Gasteiger partial charge in [0.1, 0.15) is 6.04 Å². The standard InChI is InChI=1S/C18H23Cl2N3O4S/c19-14-7-13(8-15(20)9-14)17(24)23-6-2-4-16(23)18(25)22-5-1-3-12(10-22)11-28(21,26)27/h7-9,12,16H,1-6,10-11H2,(H2,21,26,27)/t12-,16+/m0/s1. The van der Waals surface area contributed by atoms with Crippen LogP contribution < -0.4 is 5.14 Å². The summed E-state index contributed by atoms with van der Waals surface area (Å²) in [6.45, 7) is 1.38. The Kier molecular flexibility index (Phi) is 6.54. The number of hydrogen-bond acceptors (Lipinski definition) is 4. The predicted octanol–water partition coefficient (Wildman–Crippen LogP) is 2.13. The molecule has 0 bridgehead atoms. The summed E-state index contributed by atoms with van der Waals surface area (Å²) in [5.41, 5.74) is 0.350. The molecule has 1 aromatic rings. The zero-order chi connectivity index (χ0) is 20.5. The van der Waals surface area contributed by atoms with Crippen LogP contribution in [-0.2, 0) is 14.8 Å². The van der Waals surface area contributed by atoms with Gasteiger partial charge >= 0.3 is 0 Å². The first-order chi connectivity index (χ1) is 13.1. The van der Waals surface area contributed by atoms with Crippen molar-refractivity contribution in [3.8, 4) is 0 Å². The highest BCUT2D eigenvalue weighted by Crippen LogP contribution is 2.27. The third-order valence-corrected chi connectivity index (χ3v) is 6.58. The van der Waals surface area contributed by atoms with Gasteiger partial charge in [-0.3, -0.25) is 9.59 Å². The molecule has 2 N–H and O–H groups in total. The summed E-state index contributed by atoms with van der Waals surface area (Å²) in [4.78, 5) is 29.3. The molecule has 10 heteroatoms. The lowest BCUT2D eigenvalue weighted by atomic mass is 9.99. The van der Waals surface area contributed by atoms with E-state index in [1.54, 1.807) is 28.0 Å². The molecule has 3 rings (SSSR count). The van der Waals surface area contributed by atoms with Crippen molar-refractivity contribution >= 4 is 45.0 Å². The molecule has 0 radical (unpaired) electrons. The summed E-state index contributed by atoms with van der Waals surface area (Å²) in [6.07, 6.45) is 2.74. The molecule has 0 spiro atoms. The van der Waals surface area contributed by atoms with Gasteiger partial charge in [0, 0.05) is 35.2 Å². The van der Waals surface area contributed by atoms with Gasteiger partial charge in [0.2, 0.25) is 15.9 Å². The maximum Gasteiger partial charge on any atom is 0.254 e. The summed E-state index contributed by atoms with van der Waals surface area (Å²) in [7, 11) is -3.59. The Hall–Kier alpha value is -1.35. The smallest absolute Gasteiger partial charge is 0.254 e. The molecule has 0 unspecified atom stereocenters.